The van der Waals surface area contributed by atoms with Crippen molar-refractivity contribution in [1.29, 1.82) is 0 Å². The lowest BCUT2D eigenvalue weighted by Crippen LogP contribution is -2.45. The summed E-state index contributed by atoms with van der Waals surface area (Å²) in [6.07, 6.45) is 1.46. The molecule has 7 nitrogen and oxygen atoms in total. The number of amides is 1. The van der Waals surface area contributed by atoms with Crippen molar-refractivity contribution in [2.45, 2.75) is 38.6 Å². The van der Waals surface area contributed by atoms with Gasteiger partial charge in [0.25, 0.3) is 0 Å². The van der Waals surface area contributed by atoms with E-state index in [1.807, 2.05) is 30.3 Å². The van der Waals surface area contributed by atoms with E-state index >= 15 is 0 Å². The van der Waals surface area contributed by atoms with Gasteiger partial charge in [-0.1, -0.05) is 18.2 Å². The van der Waals surface area contributed by atoms with Crippen molar-refractivity contribution in [2.24, 2.45) is 0 Å². The van der Waals surface area contributed by atoms with E-state index < -0.39 is 5.97 Å². The van der Waals surface area contributed by atoms with Gasteiger partial charge in [-0.2, -0.15) is 0 Å². The average Bonchev–Trinajstić information content (AvgIpc) is 3.04. The maximum absolute atomic E-state index is 12.9. The van der Waals surface area contributed by atoms with Crippen molar-refractivity contribution in [3.05, 3.63) is 41.8 Å². The Labute approximate surface area is 158 Å². The first-order chi connectivity index (χ1) is 13.0. The first-order valence-electron chi connectivity index (χ1n) is 9.15. The standard InChI is InChI=1S/C20H24N2O5/c1-14-17(21-20(27-14)15-5-3-2-4-6-15)13-18(23)22(10-7-19(24)25)16-8-11-26-12-9-16/h2-6,16H,7-13H2,1H3,(H,24,25). The van der Waals surface area contributed by atoms with Crippen LogP contribution in [0.2, 0.25) is 0 Å². The molecule has 0 spiro atoms. The Hall–Kier alpha value is -2.67. The van der Waals surface area contributed by atoms with Gasteiger partial charge in [0.15, 0.2) is 0 Å². The van der Waals surface area contributed by atoms with Crippen LogP contribution in [-0.4, -0.2) is 52.7 Å². The van der Waals surface area contributed by atoms with Gasteiger partial charge < -0.3 is 19.2 Å². The number of aliphatic carboxylic acids is 1. The maximum Gasteiger partial charge on any atom is 0.305 e. The number of carboxylic acids is 1. The van der Waals surface area contributed by atoms with Crippen LogP contribution >= 0.6 is 0 Å². The van der Waals surface area contributed by atoms with Crippen LogP contribution in [0.4, 0.5) is 0 Å². The zero-order valence-corrected chi connectivity index (χ0v) is 15.4. The Morgan fingerprint density at radius 3 is 2.59 bits per heavy atom. The summed E-state index contributed by atoms with van der Waals surface area (Å²) in [6.45, 7) is 3.16. The third-order valence-corrected chi connectivity index (χ3v) is 4.75. The molecule has 0 atom stereocenters. The fourth-order valence-corrected chi connectivity index (χ4v) is 3.26. The van der Waals surface area contributed by atoms with Crippen LogP contribution in [0, 0.1) is 6.92 Å². The second kappa shape index (κ2) is 8.81. The number of carbonyl (C=O) groups excluding carboxylic acids is 1. The third-order valence-electron chi connectivity index (χ3n) is 4.75. The van der Waals surface area contributed by atoms with Crippen LogP contribution in [0.5, 0.6) is 0 Å². The fraction of sp³-hybridized carbons (Fsp3) is 0.450. The zero-order valence-electron chi connectivity index (χ0n) is 15.4. The Kier molecular flexibility index (Phi) is 6.24. The highest BCUT2D eigenvalue weighted by Gasteiger charge is 2.27. The van der Waals surface area contributed by atoms with Crippen LogP contribution in [0.1, 0.15) is 30.7 Å². The number of carbonyl (C=O) groups is 2. The molecule has 144 valence electrons. The van der Waals surface area contributed by atoms with E-state index in [-0.39, 0.29) is 31.3 Å². The Morgan fingerprint density at radius 1 is 1.22 bits per heavy atom. The summed E-state index contributed by atoms with van der Waals surface area (Å²) >= 11 is 0. The van der Waals surface area contributed by atoms with Crippen molar-refractivity contribution in [3.8, 4) is 11.5 Å². The van der Waals surface area contributed by atoms with Gasteiger partial charge in [-0.25, -0.2) is 4.98 Å². The monoisotopic (exact) mass is 372 g/mol. The SMILES string of the molecule is Cc1oc(-c2ccccc2)nc1CC(=O)N(CCC(=O)O)C1CCOCC1. The molecule has 0 unspecified atom stereocenters. The van der Waals surface area contributed by atoms with Crippen molar-refractivity contribution in [2.75, 3.05) is 19.8 Å². The summed E-state index contributed by atoms with van der Waals surface area (Å²) in [7, 11) is 0. The molecule has 1 amide bonds. The molecule has 1 N–H and O–H groups in total. The number of aryl methyl sites for hydroxylation is 1. The van der Waals surface area contributed by atoms with Crippen molar-refractivity contribution >= 4 is 11.9 Å². The molecule has 27 heavy (non-hydrogen) atoms. The predicted molar refractivity (Wildman–Crippen MR) is 98.2 cm³/mol. The summed E-state index contributed by atoms with van der Waals surface area (Å²) in [4.78, 5) is 30.1. The minimum Gasteiger partial charge on any atom is -0.481 e. The molecule has 2 aromatic rings. The molecule has 1 aromatic heterocycles. The zero-order chi connectivity index (χ0) is 19.2. The molecule has 1 aliphatic heterocycles. The number of hydrogen-bond acceptors (Lipinski definition) is 5. The summed E-state index contributed by atoms with van der Waals surface area (Å²) in [5.74, 6) is 0.0504. The van der Waals surface area contributed by atoms with E-state index in [9.17, 15) is 9.59 Å². The summed E-state index contributed by atoms with van der Waals surface area (Å²) in [6, 6.07) is 9.52. The second-order valence-corrected chi connectivity index (χ2v) is 6.64. The highest BCUT2D eigenvalue weighted by atomic mass is 16.5. The van der Waals surface area contributed by atoms with E-state index in [0.717, 1.165) is 18.4 Å². The molecular formula is C20H24N2O5. The topological polar surface area (TPSA) is 92.9 Å². The van der Waals surface area contributed by atoms with Gasteiger partial charge in [0.05, 0.1) is 18.5 Å². The van der Waals surface area contributed by atoms with E-state index in [4.69, 9.17) is 14.3 Å². The molecule has 2 heterocycles. The first kappa shape index (κ1) is 19.1. The van der Waals surface area contributed by atoms with E-state index in [1.54, 1.807) is 11.8 Å². The van der Waals surface area contributed by atoms with Gasteiger partial charge in [-0.05, 0) is 31.9 Å². The van der Waals surface area contributed by atoms with Gasteiger partial charge in [0.2, 0.25) is 11.8 Å². The molecule has 1 fully saturated rings. The summed E-state index contributed by atoms with van der Waals surface area (Å²) in [5, 5.41) is 9.02. The molecule has 0 radical (unpaired) electrons. The number of carboxylic acid groups (broad SMARTS) is 1. The lowest BCUT2D eigenvalue weighted by molar-refractivity contribution is -0.140. The quantitative estimate of drug-likeness (QED) is 0.803. The molecular weight excluding hydrogens is 348 g/mol. The first-order valence-corrected chi connectivity index (χ1v) is 9.15. The highest BCUT2D eigenvalue weighted by Crippen LogP contribution is 2.23. The Bertz CT molecular complexity index is 781. The van der Waals surface area contributed by atoms with Gasteiger partial charge in [0, 0.05) is 31.4 Å². The highest BCUT2D eigenvalue weighted by molar-refractivity contribution is 5.79. The smallest absolute Gasteiger partial charge is 0.305 e. The summed E-state index contributed by atoms with van der Waals surface area (Å²) in [5.41, 5.74) is 1.44. The number of aromatic nitrogens is 1. The van der Waals surface area contributed by atoms with Crippen LogP contribution in [0.25, 0.3) is 11.5 Å². The van der Waals surface area contributed by atoms with E-state index in [0.29, 0.717) is 30.6 Å². The Balaban J connectivity index is 1.74. The number of hydrogen-bond donors (Lipinski definition) is 1. The largest absolute Gasteiger partial charge is 0.481 e. The van der Waals surface area contributed by atoms with E-state index in [2.05, 4.69) is 4.98 Å². The normalized spacial score (nSPS) is 14.9. The lowest BCUT2D eigenvalue weighted by atomic mass is 10.1. The second-order valence-electron chi connectivity index (χ2n) is 6.64. The molecule has 0 bridgehead atoms. The Morgan fingerprint density at radius 2 is 1.93 bits per heavy atom. The van der Waals surface area contributed by atoms with E-state index in [1.165, 1.54) is 0 Å². The third kappa shape index (κ3) is 4.95. The molecule has 1 saturated heterocycles. The van der Waals surface area contributed by atoms with Gasteiger partial charge >= 0.3 is 5.97 Å². The molecule has 3 rings (SSSR count). The van der Waals surface area contributed by atoms with Gasteiger partial charge in [0.1, 0.15) is 5.76 Å². The molecule has 1 aromatic carbocycles. The lowest BCUT2D eigenvalue weighted by Gasteiger charge is -2.34. The molecule has 0 aliphatic carbocycles. The number of rotatable bonds is 7. The number of oxazole rings is 1. The average molecular weight is 372 g/mol. The maximum atomic E-state index is 12.9. The minimum absolute atomic E-state index is 0.00593. The number of ether oxygens (including phenoxy) is 1. The van der Waals surface area contributed by atoms with Gasteiger partial charge in [-0.15, -0.1) is 0 Å². The molecule has 7 heteroatoms. The van der Waals surface area contributed by atoms with Crippen molar-refractivity contribution in [3.63, 3.8) is 0 Å². The molecule has 0 saturated carbocycles. The summed E-state index contributed by atoms with van der Waals surface area (Å²) < 4.78 is 11.1. The van der Waals surface area contributed by atoms with Crippen LogP contribution in [0.15, 0.2) is 34.7 Å². The van der Waals surface area contributed by atoms with Gasteiger partial charge in [-0.3, -0.25) is 9.59 Å². The van der Waals surface area contributed by atoms with Crippen LogP contribution < -0.4 is 0 Å². The van der Waals surface area contributed by atoms with Crippen LogP contribution in [-0.2, 0) is 20.7 Å². The van der Waals surface area contributed by atoms with Crippen LogP contribution in [0.3, 0.4) is 0 Å². The predicted octanol–water partition coefficient (Wildman–Crippen LogP) is 2.67. The minimum atomic E-state index is -0.913. The van der Waals surface area contributed by atoms with Crippen molar-refractivity contribution in [1.82, 2.24) is 9.88 Å². The van der Waals surface area contributed by atoms with Crippen molar-refractivity contribution < 1.29 is 23.8 Å². The fourth-order valence-electron chi connectivity index (χ4n) is 3.26. The molecule has 1 aliphatic rings. The number of nitrogens with zero attached hydrogens (tertiary/aromatic N) is 2. The number of benzene rings is 1.